The average molecular weight is 360 g/mol. The van der Waals surface area contributed by atoms with Crippen molar-refractivity contribution in [3.63, 3.8) is 0 Å². The van der Waals surface area contributed by atoms with E-state index < -0.39 is 12.3 Å². The fourth-order valence-electron chi connectivity index (χ4n) is 3.06. The molecule has 0 fully saturated rings. The Morgan fingerprint density at radius 1 is 1.42 bits per heavy atom. The van der Waals surface area contributed by atoms with Crippen LogP contribution in [0.2, 0.25) is 0 Å². The SMILES string of the molecule is Cn1cnnc1C(=O)N[C@@H]1CCc2cc(-c3noc(C(F)F)n3)ccc21. The third kappa shape index (κ3) is 2.83. The van der Waals surface area contributed by atoms with Gasteiger partial charge in [-0.1, -0.05) is 17.3 Å². The normalized spacial score (nSPS) is 16.1. The molecule has 0 saturated heterocycles. The van der Waals surface area contributed by atoms with Crippen LogP contribution in [-0.2, 0) is 13.5 Å². The van der Waals surface area contributed by atoms with Crippen molar-refractivity contribution >= 4 is 5.91 Å². The first kappa shape index (κ1) is 16.3. The Balaban J connectivity index is 1.54. The number of carbonyl (C=O) groups is 1. The second kappa shape index (κ2) is 6.28. The zero-order valence-electron chi connectivity index (χ0n) is 13.7. The molecule has 1 amide bonds. The molecule has 0 radical (unpaired) electrons. The molecule has 1 atom stereocenters. The third-order valence-electron chi connectivity index (χ3n) is 4.33. The van der Waals surface area contributed by atoms with Crippen LogP contribution in [0.4, 0.5) is 8.78 Å². The molecular weight excluding hydrogens is 346 g/mol. The lowest BCUT2D eigenvalue weighted by molar-refractivity contribution is 0.0922. The molecule has 0 aliphatic heterocycles. The Hall–Kier alpha value is -3.17. The van der Waals surface area contributed by atoms with Gasteiger partial charge in [-0.25, -0.2) is 0 Å². The molecule has 1 N–H and O–H groups in total. The summed E-state index contributed by atoms with van der Waals surface area (Å²) in [4.78, 5) is 16.0. The van der Waals surface area contributed by atoms with Crippen LogP contribution in [0.15, 0.2) is 29.0 Å². The number of aromatic nitrogens is 5. The molecule has 2 heterocycles. The molecule has 8 nitrogen and oxygen atoms in total. The van der Waals surface area contributed by atoms with E-state index in [1.165, 1.54) is 6.33 Å². The van der Waals surface area contributed by atoms with Gasteiger partial charge in [0.2, 0.25) is 11.6 Å². The lowest BCUT2D eigenvalue weighted by Gasteiger charge is -2.13. The minimum atomic E-state index is -2.80. The number of amides is 1. The van der Waals surface area contributed by atoms with Crippen LogP contribution >= 0.6 is 0 Å². The molecule has 1 aliphatic rings. The number of nitrogens with zero attached hydrogens (tertiary/aromatic N) is 5. The highest BCUT2D eigenvalue weighted by Crippen LogP contribution is 2.34. The van der Waals surface area contributed by atoms with E-state index >= 15 is 0 Å². The van der Waals surface area contributed by atoms with E-state index in [9.17, 15) is 13.6 Å². The number of carbonyl (C=O) groups excluding carboxylic acids is 1. The van der Waals surface area contributed by atoms with Gasteiger partial charge in [-0.05, 0) is 30.0 Å². The van der Waals surface area contributed by atoms with Crippen LogP contribution in [0.25, 0.3) is 11.4 Å². The maximum atomic E-state index is 12.6. The summed E-state index contributed by atoms with van der Waals surface area (Å²) in [7, 11) is 1.70. The molecule has 1 aliphatic carbocycles. The first-order chi connectivity index (χ1) is 12.5. The van der Waals surface area contributed by atoms with Gasteiger partial charge in [-0.15, -0.1) is 10.2 Å². The van der Waals surface area contributed by atoms with Crippen LogP contribution in [0, 0.1) is 0 Å². The summed E-state index contributed by atoms with van der Waals surface area (Å²) < 4.78 is 31.3. The van der Waals surface area contributed by atoms with Crippen molar-refractivity contribution in [2.45, 2.75) is 25.3 Å². The second-order valence-corrected chi connectivity index (χ2v) is 6.00. The number of hydrogen-bond donors (Lipinski definition) is 1. The smallest absolute Gasteiger partial charge is 0.315 e. The number of hydrogen-bond acceptors (Lipinski definition) is 6. The highest BCUT2D eigenvalue weighted by atomic mass is 19.3. The van der Waals surface area contributed by atoms with Gasteiger partial charge in [0.25, 0.3) is 11.8 Å². The van der Waals surface area contributed by atoms with Crippen LogP contribution in [0.5, 0.6) is 0 Å². The van der Waals surface area contributed by atoms with Crippen LogP contribution in [-0.4, -0.2) is 30.8 Å². The van der Waals surface area contributed by atoms with Crippen molar-refractivity contribution < 1.29 is 18.1 Å². The molecule has 0 saturated carbocycles. The van der Waals surface area contributed by atoms with Crippen molar-refractivity contribution in [1.29, 1.82) is 0 Å². The fourth-order valence-corrected chi connectivity index (χ4v) is 3.06. The zero-order chi connectivity index (χ0) is 18.3. The highest BCUT2D eigenvalue weighted by molar-refractivity contribution is 5.91. The first-order valence-corrected chi connectivity index (χ1v) is 7.92. The van der Waals surface area contributed by atoms with Gasteiger partial charge >= 0.3 is 6.43 Å². The van der Waals surface area contributed by atoms with E-state index in [0.29, 0.717) is 5.56 Å². The van der Waals surface area contributed by atoms with Crippen LogP contribution < -0.4 is 5.32 Å². The summed E-state index contributed by atoms with van der Waals surface area (Å²) in [5, 5.41) is 14.0. The van der Waals surface area contributed by atoms with E-state index in [1.54, 1.807) is 17.7 Å². The van der Waals surface area contributed by atoms with E-state index in [-0.39, 0.29) is 23.6 Å². The maximum absolute atomic E-state index is 12.6. The summed E-state index contributed by atoms with van der Waals surface area (Å²) in [5.74, 6) is -0.642. The largest absolute Gasteiger partial charge is 0.342 e. The molecule has 0 unspecified atom stereocenters. The molecule has 4 rings (SSSR count). The maximum Gasteiger partial charge on any atom is 0.315 e. The van der Waals surface area contributed by atoms with Gasteiger partial charge in [0.05, 0.1) is 6.04 Å². The summed E-state index contributed by atoms with van der Waals surface area (Å²) in [6, 6.07) is 5.26. The standard InChI is InChI=1S/C16H14F2N6O2/c1-24-7-19-22-14(24)15(25)20-11-5-3-8-6-9(2-4-10(8)11)13-21-16(12(17)18)26-23-13/h2,4,6-7,11-12H,3,5H2,1H3,(H,20,25)/t11-/m1/s1. The van der Waals surface area contributed by atoms with E-state index in [4.69, 9.17) is 0 Å². The van der Waals surface area contributed by atoms with Crippen LogP contribution in [0.1, 0.15) is 46.5 Å². The fraction of sp³-hybridized carbons (Fsp3) is 0.312. The highest BCUT2D eigenvalue weighted by Gasteiger charge is 2.27. The second-order valence-electron chi connectivity index (χ2n) is 6.00. The number of aryl methyl sites for hydroxylation is 2. The molecule has 2 aromatic heterocycles. The molecule has 3 aromatic rings. The van der Waals surface area contributed by atoms with Crippen molar-refractivity contribution in [1.82, 2.24) is 30.2 Å². The molecule has 1 aromatic carbocycles. The van der Waals surface area contributed by atoms with Crippen molar-refractivity contribution in [3.05, 3.63) is 47.4 Å². The zero-order valence-corrected chi connectivity index (χ0v) is 13.7. The molecule has 0 spiro atoms. The summed E-state index contributed by atoms with van der Waals surface area (Å²) in [5.41, 5.74) is 2.58. The Morgan fingerprint density at radius 3 is 2.96 bits per heavy atom. The Morgan fingerprint density at radius 2 is 2.27 bits per heavy atom. The molecule has 26 heavy (non-hydrogen) atoms. The number of halogens is 2. The lowest BCUT2D eigenvalue weighted by atomic mass is 10.0. The number of benzene rings is 1. The van der Waals surface area contributed by atoms with Gasteiger partial charge in [-0.3, -0.25) is 4.79 Å². The average Bonchev–Trinajstić information content (AvgIpc) is 3.34. The molecule has 10 heteroatoms. The number of fused-ring (bicyclic) bond motifs is 1. The van der Waals surface area contributed by atoms with E-state index in [1.807, 2.05) is 12.1 Å². The van der Waals surface area contributed by atoms with Gasteiger partial charge in [0.15, 0.2) is 0 Å². The summed E-state index contributed by atoms with van der Waals surface area (Å²) in [6.45, 7) is 0. The van der Waals surface area contributed by atoms with Gasteiger partial charge in [0, 0.05) is 12.6 Å². The molecular formula is C16H14F2N6O2. The predicted octanol–water partition coefficient (Wildman–Crippen LogP) is 2.22. The number of rotatable bonds is 4. The number of alkyl halides is 2. The Bertz CT molecular complexity index is 967. The van der Waals surface area contributed by atoms with Gasteiger partial charge in [0.1, 0.15) is 6.33 Å². The summed E-state index contributed by atoms with van der Waals surface area (Å²) in [6.07, 6.45) is 0.136. The topological polar surface area (TPSA) is 98.7 Å². The monoisotopic (exact) mass is 360 g/mol. The minimum absolute atomic E-state index is 0.120. The van der Waals surface area contributed by atoms with Crippen molar-refractivity contribution in [2.75, 3.05) is 0 Å². The summed E-state index contributed by atoms with van der Waals surface area (Å²) >= 11 is 0. The van der Waals surface area contributed by atoms with E-state index in [0.717, 1.165) is 24.0 Å². The Kier molecular flexibility index (Phi) is 3.94. The third-order valence-corrected chi connectivity index (χ3v) is 4.33. The van der Waals surface area contributed by atoms with Gasteiger partial charge in [-0.2, -0.15) is 13.8 Å². The van der Waals surface area contributed by atoms with Crippen molar-refractivity contribution in [3.8, 4) is 11.4 Å². The van der Waals surface area contributed by atoms with Crippen molar-refractivity contribution in [2.24, 2.45) is 7.05 Å². The first-order valence-electron chi connectivity index (χ1n) is 7.92. The van der Waals surface area contributed by atoms with Crippen LogP contribution in [0.3, 0.4) is 0 Å². The predicted molar refractivity (Wildman–Crippen MR) is 84.2 cm³/mol. The quantitative estimate of drug-likeness (QED) is 0.766. The Labute approximate surface area is 146 Å². The number of nitrogens with one attached hydrogen (secondary N) is 1. The minimum Gasteiger partial charge on any atom is -0.342 e. The van der Waals surface area contributed by atoms with Gasteiger partial charge < -0.3 is 14.4 Å². The molecule has 0 bridgehead atoms. The lowest BCUT2D eigenvalue weighted by Crippen LogP contribution is -2.29. The molecule has 134 valence electrons. The van der Waals surface area contributed by atoms with E-state index in [2.05, 4.69) is 30.2 Å².